The third-order valence-electron chi connectivity index (χ3n) is 3.48. The van der Waals surface area contributed by atoms with Gasteiger partial charge in [-0.05, 0) is 23.5 Å². The van der Waals surface area contributed by atoms with Gasteiger partial charge in [-0.15, -0.1) is 0 Å². The SMILES string of the molecule is Cc1ccc(C(C)(C)C)c2c1c(CS(C)(=O)=O)nn2C. The number of aryl methyl sites for hydroxylation is 2. The van der Waals surface area contributed by atoms with Crippen LogP contribution in [-0.2, 0) is 28.1 Å². The molecular formula is C15H22N2O2S. The van der Waals surface area contributed by atoms with E-state index in [2.05, 4.69) is 38.0 Å². The number of nitrogens with zero attached hydrogens (tertiary/aromatic N) is 2. The van der Waals surface area contributed by atoms with Crippen molar-refractivity contribution in [2.75, 3.05) is 6.26 Å². The van der Waals surface area contributed by atoms with Crippen LogP contribution >= 0.6 is 0 Å². The van der Waals surface area contributed by atoms with Crippen molar-refractivity contribution in [3.63, 3.8) is 0 Å². The fourth-order valence-corrected chi connectivity index (χ4v) is 3.33. The molecule has 110 valence electrons. The molecule has 0 spiro atoms. The van der Waals surface area contributed by atoms with Gasteiger partial charge in [0, 0.05) is 18.7 Å². The second-order valence-electron chi connectivity index (χ2n) is 6.54. The summed E-state index contributed by atoms with van der Waals surface area (Å²) in [5.41, 5.74) is 3.93. The first-order chi connectivity index (χ1) is 9.00. The normalized spacial score (nSPS) is 13.1. The van der Waals surface area contributed by atoms with Gasteiger partial charge in [-0.25, -0.2) is 8.42 Å². The molecule has 0 radical (unpaired) electrons. The summed E-state index contributed by atoms with van der Waals surface area (Å²) in [6.07, 6.45) is 1.25. The summed E-state index contributed by atoms with van der Waals surface area (Å²) >= 11 is 0. The van der Waals surface area contributed by atoms with Crippen molar-refractivity contribution in [3.8, 4) is 0 Å². The Hall–Kier alpha value is -1.36. The zero-order chi connectivity index (χ0) is 15.3. The first kappa shape index (κ1) is 15.0. The molecule has 2 rings (SSSR count). The van der Waals surface area contributed by atoms with Crippen LogP contribution in [0.15, 0.2) is 12.1 Å². The lowest BCUT2D eigenvalue weighted by molar-refractivity contribution is 0.589. The van der Waals surface area contributed by atoms with E-state index in [4.69, 9.17) is 0 Å². The topological polar surface area (TPSA) is 52.0 Å². The Morgan fingerprint density at radius 2 is 1.85 bits per heavy atom. The standard InChI is InChI=1S/C15H22N2O2S/c1-10-7-8-11(15(2,3)4)14-13(10)12(16-17(14)5)9-20(6,18)19/h7-8H,9H2,1-6H3. The molecule has 0 unspecified atom stereocenters. The predicted molar refractivity (Wildman–Crippen MR) is 82.7 cm³/mol. The highest BCUT2D eigenvalue weighted by Gasteiger charge is 2.23. The fourth-order valence-electron chi connectivity index (χ4n) is 2.63. The summed E-state index contributed by atoms with van der Waals surface area (Å²) in [4.78, 5) is 0. The molecule has 0 saturated carbocycles. The van der Waals surface area contributed by atoms with Crippen LogP contribution in [-0.4, -0.2) is 24.5 Å². The maximum atomic E-state index is 11.6. The van der Waals surface area contributed by atoms with Crippen LogP contribution in [0.4, 0.5) is 0 Å². The van der Waals surface area contributed by atoms with Gasteiger partial charge in [-0.1, -0.05) is 32.9 Å². The van der Waals surface area contributed by atoms with E-state index >= 15 is 0 Å². The van der Waals surface area contributed by atoms with Crippen molar-refractivity contribution in [2.24, 2.45) is 7.05 Å². The third-order valence-corrected chi connectivity index (χ3v) is 4.27. The van der Waals surface area contributed by atoms with Gasteiger partial charge < -0.3 is 0 Å². The van der Waals surface area contributed by atoms with Crippen molar-refractivity contribution < 1.29 is 8.42 Å². The van der Waals surface area contributed by atoms with E-state index in [1.165, 1.54) is 11.8 Å². The molecule has 0 fully saturated rings. The zero-order valence-corrected chi connectivity index (χ0v) is 13.8. The van der Waals surface area contributed by atoms with Crippen molar-refractivity contribution in [2.45, 2.75) is 38.9 Å². The van der Waals surface area contributed by atoms with Gasteiger partial charge in [0.05, 0.1) is 17.0 Å². The highest BCUT2D eigenvalue weighted by Crippen LogP contribution is 2.33. The van der Waals surface area contributed by atoms with E-state index in [0.29, 0.717) is 5.69 Å². The van der Waals surface area contributed by atoms with Gasteiger partial charge in [0.1, 0.15) is 0 Å². The second kappa shape index (κ2) is 4.58. The fraction of sp³-hybridized carbons (Fsp3) is 0.533. The number of benzene rings is 1. The average Bonchev–Trinajstić information content (AvgIpc) is 2.53. The minimum Gasteiger partial charge on any atom is -0.267 e. The van der Waals surface area contributed by atoms with Gasteiger partial charge >= 0.3 is 0 Å². The number of hydrogen-bond acceptors (Lipinski definition) is 3. The molecular weight excluding hydrogens is 272 g/mol. The maximum absolute atomic E-state index is 11.6. The second-order valence-corrected chi connectivity index (χ2v) is 8.68. The Balaban J connectivity index is 2.83. The highest BCUT2D eigenvalue weighted by atomic mass is 32.2. The molecule has 0 atom stereocenters. The monoisotopic (exact) mass is 294 g/mol. The Morgan fingerprint density at radius 1 is 1.25 bits per heavy atom. The quantitative estimate of drug-likeness (QED) is 0.855. The van der Waals surface area contributed by atoms with E-state index < -0.39 is 9.84 Å². The number of aromatic nitrogens is 2. The molecule has 0 aliphatic rings. The summed E-state index contributed by atoms with van der Waals surface area (Å²) in [7, 11) is -1.22. The summed E-state index contributed by atoms with van der Waals surface area (Å²) < 4.78 is 25.0. The molecule has 4 nitrogen and oxygen atoms in total. The zero-order valence-electron chi connectivity index (χ0n) is 13.0. The Kier molecular flexibility index (Phi) is 3.45. The molecule has 2 aromatic rings. The van der Waals surface area contributed by atoms with Crippen molar-refractivity contribution in [3.05, 3.63) is 29.0 Å². The van der Waals surface area contributed by atoms with Crippen LogP contribution in [0.2, 0.25) is 0 Å². The number of rotatable bonds is 2. The van der Waals surface area contributed by atoms with Crippen LogP contribution in [0, 0.1) is 6.92 Å². The summed E-state index contributed by atoms with van der Waals surface area (Å²) in [5, 5.41) is 5.42. The molecule has 0 amide bonds. The van der Waals surface area contributed by atoms with Crippen molar-refractivity contribution in [1.82, 2.24) is 9.78 Å². The molecule has 20 heavy (non-hydrogen) atoms. The lowest BCUT2D eigenvalue weighted by atomic mass is 9.84. The Labute approximate surface area is 120 Å². The van der Waals surface area contributed by atoms with Crippen LogP contribution in [0.5, 0.6) is 0 Å². The largest absolute Gasteiger partial charge is 0.267 e. The third kappa shape index (κ3) is 2.73. The molecule has 0 aliphatic carbocycles. The van der Waals surface area contributed by atoms with Crippen LogP contribution < -0.4 is 0 Å². The number of hydrogen-bond donors (Lipinski definition) is 0. The summed E-state index contributed by atoms with van der Waals surface area (Å²) in [5.74, 6) is -0.0151. The highest BCUT2D eigenvalue weighted by molar-refractivity contribution is 7.89. The van der Waals surface area contributed by atoms with Crippen molar-refractivity contribution >= 4 is 20.7 Å². The summed E-state index contributed by atoms with van der Waals surface area (Å²) in [6.45, 7) is 8.46. The van der Waals surface area contributed by atoms with Crippen LogP contribution in [0.3, 0.4) is 0 Å². The molecule has 5 heteroatoms. The lowest BCUT2D eigenvalue weighted by Gasteiger charge is -2.21. The van der Waals surface area contributed by atoms with Gasteiger partial charge in [-0.2, -0.15) is 5.10 Å². The minimum absolute atomic E-state index is 0.0118. The maximum Gasteiger partial charge on any atom is 0.153 e. The number of fused-ring (bicyclic) bond motifs is 1. The van der Waals surface area contributed by atoms with Crippen LogP contribution in [0.25, 0.3) is 10.9 Å². The predicted octanol–water partition coefficient (Wildman–Crippen LogP) is 2.72. The summed E-state index contributed by atoms with van der Waals surface area (Å²) in [6, 6.07) is 4.17. The Morgan fingerprint density at radius 3 is 2.35 bits per heavy atom. The first-order valence-corrected chi connectivity index (χ1v) is 8.70. The average molecular weight is 294 g/mol. The molecule has 1 aromatic carbocycles. The lowest BCUT2D eigenvalue weighted by Crippen LogP contribution is -2.13. The van der Waals surface area contributed by atoms with Gasteiger partial charge in [0.15, 0.2) is 9.84 Å². The van der Waals surface area contributed by atoms with E-state index in [9.17, 15) is 8.42 Å². The van der Waals surface area contributed by atoms with Gasteiger partial charge in [-0.3, -0.25) is 4.68 Å². The van der Waals surface area contributed by atoms with Gasteiger partial charge in [0.25, 0.3) is 0 Å². The molecule has 0 aliphatic heterocycles. The van der Waals surface area contributed by atoms with E-state index in [1.807, 2.05) is 18.7 Å². The van der Waals surface area contributed by atoms with Crippen LogP contribution in [0.1, 0.15) is 37.6 Å². The first-order valence-electron chi connectivity index (χ1n) is 6.64. The van der Waals surface area contributed by atoms with Crippen molar-refractivity contribution in [1.29, 1.82) is 0 Å². The smallest absolute Gasteiger partial charge is 0.153 e. The van der Waals surface area contributed by atoms with E-state index in [-0.39, 0.29) is 11.2 Å². The van der Waals surface area contributed by atoms with E-state index in [0.717, 1.165) is 16.5 Å². The molecule has 0 N–H and O–H groups in total. The van der Waals surface area contributed by atoms with Gasteiger partial charge in [0.2, 0.25) is 0 Å². The minimum atomic E-state index is -3.10. The molecule has 0 bridgehead atoms. The number of sulfone groups is 1. The molecule has 0 saturated heterocycles. The van der Waals surface area contributed by atoms with E-state index in [1.54, 1.807) is 0 Å². The molecule has 1 aromatic heterocycles. The molecule has 1 heterocycles. The Bertz CT molecular complexity index is 765.